The molecule has 0 saturated heterocycles. The van der Waals surface area contributed by atoms with Gasteiger partial charge in [-0.25, -0.2) is 0 Å². The minimum absolute atomic E-state index is 0.0968. The molecule has 0 aromatic rings. The van der Waals surface area contributed by atoms with Crippen LogP contribution in [0.4, 0.5) is 0 Å². The molecule has 0 saturated carbocycles. The van der Waals surface area contributed by atoms with Gasteiger partial charge in [0.25, 0.3) is 0 Å². The molecule has 0 radical (unpaired) electrons. The molecule has 1 N–H and O–H groups in total. The Bertz CT molecular complexity index is 864. The lowest BCUT2D eigenvalue weighted by atomic mass is 10.1. The number of rotatable bonds is 32. The van der Waals surface area contributed by atoms with Crippen LogP contribution in [-0.2, 0) is 19.1 Å². The highest BCUT2D eigenvalue weighted by Gasteiger charge is 2.16. The first kappa shape index (κ1) is 43.3. The van der Waals surface area contributed by atoms with Crippen molar-refractivity contribution >= 4 is 11.9 Å². The van der Waals surface area contributed by atoms with Crippen LogP contribution in [0.1, 0.15) is 155 Å². The Labute approximate surface area is 283 Å². The average Bonchev–Trinajstić information content (AvgIpc) is 3.06. The van der Waals surface area contributed by atoms with Gasteiger partial charge in [0.1, 0.15) is 6.61 Å². The number of esters is 2. The quantitative estimate of drug-likeness (QED) is 0.0450. The Kier molecular flexibility index (Phi) is 34.7. The molecule has 0 spiro atoms. The molecule has 0 amide bonds. The predicted molar refractivity (Wildman–Crippen MR) is 196 cm³/mol. The number of unbranched alkanes of at least 4 members (excludes halogenated alkanes) is 12. The van der Waals surface area contributed by atoms with Gasteiger partial charge >= 0.3 is 11.9 Å². The second-order valence-electron chi connectivity index (χ2n) is 11.9. The molecule has 5 nitrogen and oxygen atoms in total. The molecule has 46 heavy (non-hydrogen) atoms. The van der Waals surface area contributed by atoms with E-state index in [4.69, 9.17) is 9.47 Å². The van der Waals surface area contributed by atoms with Crippen LogP contribution in [0.3, 0.4) is 0 Å². The van der Waals surface area contributed by atoms with Gasteiger partial charge in [-0.15, -0.1) is 0 Å². The van der Waals surface area contributed by atoms with E-state index in [9.17, 15) is 14.7 Å². The summed E-state index contributed by atoms with van der Waals surface area (Å²) in [6.45, 7) is 4.01. The van der Waals surface area contributed by atoms with Crippen LogP contribution >= 0.6 is 0 Å². The van der Waals surface area contributed by atoms with Gasteiger partial charge in [0.15, 0.2) is 6.10 Å². The van der Waals surface area contributed by atoms with Crippen molar-refractivity contribution in [3.63, 3.8) is 0 Å². The number of ether oxygens (including phenoxy) is 2. The van der Waals surface area contributed by atoms with Crippen molar-refractivity contribution < 1.29 is 24.2 Å². The van der Waals surface area contributed by atoms with Crippen LogP contribution in [0, 0.1) is 0 Å². The molecule has 1 atom stereocenters. The molecule has 0 aliphatic heterocycles. The van der Waals surface area contributed by atoms with E-state index in [0.717, 1.165) is 77.0 Å². The van der Waals surface area contributed by atoms with Crippen LogP contribution in [0.5, 0.6) is 0 Å². The fraction of sp³-hybridized carbons (Fsp3) is 0.659. The first-order valence-corrected chi connectivity index (χ1v) is 18.5. The predicted octanol–water partition coefficient (Wildman–Crippen LogP) is 11.4. The van der Waals surface area contributed by atoms with Crippen LogP contribution in [0.25, 0.3) is 0 Å². The lowest BCUT2D eigenvalue weighted by molar-refractivity contribution is -0.161. The summed E-state index contributed by atoms with van der Waals surface area (Å²) >= 11 is 0. The fourth-order valence-corrected chi connectivity index (χ4v) is 4.62. The van der Waals surface area contributed by atoms with Crippen LogP contribution in [0.2, 0.25) is 0 Å². The maximum Gasteiger partial charge on any atom is 0.306 e. The van der Waals surface area contributed by atoms with E-state index in [1.165, 1.54) is 51.4 Å². The molecule has 0 aliphatic rings. The van der Waals surface area contributed by atoms with E-state index in [-0.39, 0.29) is 25.2 Å². The normalized spacial score (nSPS) is 13.0. The number of aliphatic hydroxyl groups excluding tert-OH is 1. The average molecular weight is 641 g/mol. The standard InChI is InChI=1S/C41H68O5/c1-3-5-7-9-11-13-15-17-19-20-22-23-25-27-29-31-33-35-40(43)45-38-39(37-42)46-41(44)36-34-32-30-28-26-24-21-18-16-14-12-10-8-6-4-2/h11-14,17-19,21-23,26,28,39,42H,3-10,15-16,20,24-25,27,29-38H2,1-2H3/t39-/m0/s1. The summed E-state index contributed by atoms with van der Waals surface area (Å²) in [7, 11) is 0. The van der Waals surface area contributed by atoms with E-state index in [1.807, 2.05) is 0 Å². The van der Waals surface area contributed by atoms with E-state index >= 15 is 0 Å². The largest absolute Gasteiger partial charge is 0.462 e. The molecule has 0 fully saturated rings. The Morgan fingerprint density at radius 2 is 0.870 bits per heavy atom. The zero-order chi connectivity index (χ0) is 33.6. The molecule has 0 aliphatic carbocycles. The Balaban J connectivity index is 3.71. The molecule has 0 heterocycles. The Morgan fingerprint density at radius 1 is 0.500 bits per heavy atom. The molecule has 262 valence electrons. The lowest BCUT2D eigenvalue weighted by Gasteiger charge is -2.15. The number of carbonyl (C=O) groups excluding carboxylic acids is 2. The summed E-state index contributed by atoms with van der Waals surface area (Å²) in [4.78, 5) is 24.2. The maximum absolute atomic E-state index is 12.1. The lowest BCUT2D eigenvalue weighted by Crippen LogP contribution is -2.28. The Morgan fingerprint density at radius 3 is 1.33 bits per heavy atom. The van der Waals surface area contributed by atoms with Gasteiger partial charge in [-0.3, -0.25) is 9.59 Å². The molecule has 0 bridgehead atoms. The van der Waals surface area contributed by atoms with Crippen molar-refractivity contribution in [3.8, 4) is 0 Å². The van der Waals surface area contributed by atoms with Gasteiger partial charge in [0, 0.05) is 12.8 Å². The van der Waals surface area contributed by atoms with Crippen LogP contribution < -0.4 is 0 Å². The van der Waals surface area contributed by atoms with Crippen LogP contribution in [-0.4, -0.2) is 36.4 Å². The Hall–Kier alpha value is -2.66. The fourth-order valence-electron chi connectivity index (χ4n) is 4.62. The topological polar surface area (TPSA) is 72.8 Å². The van der Waals surface area contributed by atoms with Crippen molar-refractivity contribution in [1.82, 2.24) is 0 Å². The third-order valence-electron chi connectivity index (χ3n) is 7.47. The summed E-state index contributed by atoms with van der Waals surface area (Å²) in [6, 6.07) is 0. The van der Waals surface area contributed by atoms with E-state index < -0.39 is 6.10 Å². The first-order valence-electron chi connectivity index (χ1n) is 18.5. The van der Waals surface area contributed by atoms with Crippen molar-refractivity contribution in [3.05, 3.63) is 72.9 Å². The zero-order valence-electron chi connectivity index (χ0n) is 29.6. The minimum atomic E-state index is -0.803. The number of allylic oxidation sites excluding steroid dienone is 12. The van der Waals surface area contributed by atoms with Crippen molar-refractivity contribution in [2.45, 2.75) is 161 Å². The number of aliphatic hydroxyl groups is 1. The maximum atomic E-state index is 12.1. The molecular formula is C41H68O5. The van der Waals surface area contributed by atoms with E-state index in [1.54, 1.807) is 0 Å². The molecule has 0 rings (SSSR count). The number of hydrogen-bond acceptors (Lipinski definition) is 5. The second kappa shape index (κ2) is 36.8. The van der Waals surface area contributed by atoms with Gasteiger partial charge < -0.3 is 14.6 Å². The van der Waals surface area contributed by atoms with Gasteiger partial charge in [-0.1, -0.05) is 125 Å². The highest BCUT2D eigenvalue weighted by Crippen LogP contribution is 2.09. The van der Waals surface area contributed by atoms with Crippen LogP contribution in [0.15, 0.2) is 72.9 Å². The molecule has 0 aromatic carbocycles. The third kappa shape index (κ3) is 34.2. The van der Waals surface area contributed by atoms with E-state index in [2.05, 4.69) is 86.8 Å². The summed E-state index contributed by atoms with van der Waals surface area (Å²) in [5.74, 6) is -0.669. The molecule has 0 unspecified atom stereocenters. The van der Waals surface area contributed by atoms with Crippen molar-refractivity contribution in [1.29, 1.82) is 0 Å². The summed E-state index contributed by atoms with van der Waals surface area (Å²) in [6.07, 6.45) is 48.1. The zero-order valence-corrected chi connectivity index (χ0v) is 29.6. The summed E-state index contributed by atoms with van der Waals surface area (Å²) < 4.78 is 10.5. The monoisotopic (exact) mass is 641 g/mol. The minimum Gasteiger partial charge on any atom is -0.462 e. The van der Waals surface area contributed by atoms with Gasteiger partial charge in [0.05, 0.1) is 6.61 Å². The smallest absolute Gasteiger partial charge is 0.306 e. The summed E-state index contributed by atoms with van der Waals surface area (Å²) in [5.41, 5.74) is 0. The molecular weight excluding hydrogens is 572 g/mol. The van der Waals surface area contributed by atoms with Crippen molar-refractivity contribution in [2.75, 3.05) is 13.2 Å². The third-order valence-corrected chi connectivity index (χ3v) is 7.47. The van der Waals surface area contributed by atoms with Gasteiger partial charge in [0.2, 0.25) is 0 Å². The molecule has 0 aromatic heterocycles. The first-order chi connectivity index (χ1) is 22.6. The number of carbonyl (C=O) groups is 2. The number of hydrogen-bond donors (Lipinski definition) is 1. The highest BCUT2D eigenvalue weighted by atomic mass is 16.6. The second-order valence-corrected chi connectivity index (χ2v) is 11.9. The van der Waals surface area contributed by atoms with E-state index in [0.29, 0.717) is 12.8 Å². The molecule has 5 heteroatoms. The van der Waals surface area contributed by atoms with Crippen molar-refractivity contribution in [2.24, 2.45) is 0 Å². The SMILES string of the molecule is CCCCCC=CCC=CCC=CCCCCCCC(=O)OC[C@H](CO)OC(=O)CCCCC=CCC=CCC=CCCCCC. The highest BCUT2D eigenvalue weighted by molar-refractivity contribution is 5.70. The van der Waals surface area contributed by atoms with Gasteiger partial charge in [-0.2, -0.15) is 0 Å². The summed E-state index contributed by atoms with van der Waals surface area (Å²) in [5, 5.41) is 9.53. The van der Waals surface area contributed by atoms with Gasteiger partial charge in [-0.05, 0) is 89.9 Å².